The van der Waals surface area contributed by atoms with E-state index >= 15 is 0 Å². The van der Waals surface area contributed by atoms with Gasteiger partial charge in [0.15, 0.2) is 0 Å². The summed E-state index contributed by atoms with van der Waals surface area (Å²) in [5.74, 6) is 0.392. The maximum absolute atomic E-state index is 10.9. The minimum atomic E-state index is -0.753. The Balaban J connectivity index is 1.68. The number of hydrogen-bond donors (Lipinski definition) is 1. The van der Waals surface area contributed by atoms with Crippen LogP contribution in [0.1, 0.15) is 31.6 Å². The van der Waals surface area contributed by atoms with Crippen molar-refractivity contribution in [3.05, 3.63) is 22.7 Å². The van der Waals surface area contributed by atoms with Crippen molar-refractivity contribution in [2.24, 2.45) is 0 Å². The average molecular weight is 307 g/mol. The Labute approximate surface area is 126 Å². The summed E-state index contributed by atoms with van der Waals surface area (Å²) in [6.45, 7) is 1.41. The zero-order valence-electron chi connectivity index (χ0n) is 11.6. The fraction of sp³-hybridized carbons (Fsp3) is 0.500. The van der Waals surface area contributed by atoms with Crippen molar-refractivity contribution >= 4 is 17.3 Å². The number of carboxylic acid groups (broad SMARTS) is 1. The van der Waals surface area contributed by atoms with Gasteiger partial charge in [-0.05, 0) is 30.8 Å². The van der Waals surface area contributed by atoms with Gasteiger partial charge in [0.2, 0.25) is 11.7 Å². The number of nitrogens with zero attached hydrogens (tertiary/aromatic N) is 3. The van der Waals surface area contributed by atoms with Gasteiger partial charge in [-0.2, -0.15) is 16.3 Å². The SMILES string of the molecule is O=C(O)CC1CCCCN1Cc1nc(-c2ccsc2)no1. The second-order valence-electron chi connectivity index (χ2n) is 5.24. The van der Waals surface area contributed by atoms with Gasteiger partial charge in [0.1, 0.15) is 0 Å². The van der Waals surface area contributed by atoms with Gasteiger partial charge in [0.25, 0.3) is 0 Å². The number of carboxylic acids is 1. The van der Waals surface area contributed by atoms with Gasteiger partial charge in [0.05, 0.1) is 13.0 Å². The molecule has 0 spiro atoms. The number of rotatable bonds is 5. The second-order valence-corrected chi connectivity index (χ2v) is 6.02. The van der Waals surface area contributed by atoms with E-state index in [1.54, 1.807) is 11.3 Å². The van der Waals surface area contributed by atoms with Crippen LogP contribution in [-0.4, -0.2) is 38.7 Å². The van der Waals surface area contributed by atoms with Gasteiger partial charge in [-0.1, -0.05) is 11.6 Å². The molecule has 1 fully saturated rings. The molecule has 3 rings (SSSR count). The van der Waals surface area contributed by atoms with Gasteiger partial charge in [0, 0.05) is 17.0 Å². The highest BCUT2D eigenvalue weighted by Gasteiger charge is 2.26. The zero-order valence-corrected chi connectivity index (χ0v) is 12.4. The molecule has 0 aromatic carbocycles. The van der Waals surface area contributed by atoms with Crippen molar-refractivity contribution < 1.29 is 14.4 Å². The van der Waals surface area contributed by atoms with E-state index in [1.165, 1.54) is 0 Å². The summed E-state index contributed by atoms with van der Waals surface area (Å²) in [7, 11) is 0. The molecule has 2 aromatic rings. The molecule has 2 aromatic heterocycles. The predicted octanol–water partition coefficient (Wildman–Crippen LogP) is 2.63. The van der Waals surface area contributed by atoms with E-state index in [2.05, 4.69) is 15.0 Å². The molecule has 0 radical (unpaired) electrons. The lowest BCUT2D eigenvalue weighted by molar-refractivity contribution is -0.138. The van der Waals surface area contributed by atoms with Gasteiger partial charge < -0.3 is 9.63 Å². The third-order valence-electron chi connectivity index (χ3n) is 3.75. The van der Waals surface area contributed by atoms with Gasteiger partial charge in [-0.15, -0.1) is 0 Å². The number of carbonyl (C=O) groups is 1. The van der Waals surface area contributed by atoms with Crippen LogP contribution in [0, 0.1) is 0 Å². The summed E-state index contributed by atoms with van der Waals surface area (Å²) in [6, 6.07) is 2.01. The Morgan fingerprint density at radius 2 is 2.43 bits per heavy atom. The molecule has 0 amide bonds. The van der Waals surface area contributed by atoms with Crippen LogP contribution in [-0.2, 0) is 11.3 Å². The zero-order chi connectivity index (χ0) is 14.7. The molecule has 3 heterocycles. The van der Waals surface area contributed by atoms with Crippen molar-refractivity contribution in [2.75, 3.05) is 6.54 Å². The first kappa shape index (κ1) is 14.2. The van der Waals surface area contributed by atoms with E-state index < -0.39 is 5.97 Å². The van der Waals surface area contributed by atoms with Crippen LogP contribution in [0.15, 0.2) is 21.3 Å². The van der Waals surface area contributed by atoms with Crippen LogP contribution >= 0.6 is 11.3 Å². The molecule has 0 bridgehead atoms. The number of aliphatic carboxylic acids is 1. The average Bonchev–Trinajstić information content (AvgIpc) is 3.11. The highest BCUT2D eigenvalue weighted by Crippen LogP contribution is 2.23. The minimum absolute atomic E-state index is 0.0627. The number of aromatic nitrogens is 2. The van der Waals surface area contributed by atoms with Crippen molar-refractivity contribution in [1.82, 2.24) is 15.0 Å². The number of thiophene rings is 1. The monoisotopic (exact) mass is 307 g/mol. The molecule has 7 heteroatoms. The van der Waals surface area contributed by atoms with Crippen molar-refractivity contribution in [3.63, 3.8) is 0 Å². The van der Waals surface area contributed by atoms with Gasteiger partial charge in [-0.25, -0.2) is 0 Å². The molecule has 112 valence electrons. The quantitative estimate of drug-likeness (QED) is 0.914. The fourth-order valence-electron chi connectivity index (χ4n) is 2.70. The van der Waals surface area contributed by atoms with Crippen LogP contribution in [0.4, 0.5) is 0 Å². The second kappa shape index (κ2) is 6.36. The summed E-state index contributed by atoms with van der Waals surface area (Å²) >= 11 is 1.59. The standard InChI is InChI=1S/C14H17N3O3S/c18-13(19)7-11-3-1-2-5-17(11)8-12-15-14(16-20-12)10-4-6-21-9-10/h4,6,9,11H,1-3,5,7-8H2,(H,18,19). The van der Waals surface area contributed by atoms with E-state index in [1.807, 2.05) is 16.8 Å². The number of likely N-dealkylation sites (tertiary alicyclic amines) is 1. The molecule has 1 aliphatic rings. The normalized spacial score (nSPS) is 19.7. The molecule has 21 heavy (non-hydrogen) atoms. The molecular formula is C14H17N3O3S. The predicted molar refractivity (Wildman–Crippen MR) is 77.9 cm³/mol. The first-order valence-corrected chi connectivity index (χ1v) is 7.97. The van der Waals surface area contributed by atoms with Crippen LogP contribution in [0.2, 0.25) is 0 Å². The maximum Gasteiger partial charge on any atom is 0.304 e. The van der Waals surface area contributed by atoms with Gasteiger partial charge in [-0.3, -0.25) is 9.69 Å². The first-order valence-electron chi connectivity index (χ1n) is 7.03. The molecule has 1 saturated heterocycles. The molecule has 0 saturated carbocycles. The molecule has 6 nitrogen and oxygen atoms in total. The molecular weight excluding hydrogens is 290 g/mol. The van der Waals surface area contributed by atoms with Crippen molar-refractivity contribution in [1.29, 1.82) is 0 Å². The lowest BCUT2D eigenvalue weighted by Gasteiger charge is -2.33. The molecule has 0 aliphatic carbocycles. The third kappa shape index (κ3) is 3.48. The van der Waals surface area contributed by atoms with E-state index in [0.717, 1.165) is 31.4 Å². The maximum atomic E-state index is 10.9. The molecule has 1 unspecified atom stereocenters. The Morgan fingerprint density at radius 1 is 1.52 bits per heavy atom. The third-order valence-corrected chi connectivity index (χ3v) is 4.43. The Kier molecular flexibility index (Phi) is 4.31. The Bertz CT molecular complexity index is 596. The Morgan fingerprint density at radius 3 is 3.19 bits per heavy atom. The number of piperidine rings is 1. The molecule has 1 N–H and O–H groups in total. The highest BCUT2D eigenvalue weighted by atomic mass is 32.1. The van der Waals surface area contributed by atoms with Crippen LogP contribution < -0.4 is 0 Å². The number of hydrogen-bond acceptors (Lipinski definition) is 6. The highest BCUT2D eigenvalue weighted by molar-refractivity contribution is 7.08. The fourth-order valence-corrected chi connectivity index (χ4v) is 3.34. The summed E-state index contributed by atoms with van der Waals surface area (Å²) in [6.07, 6.45) is 3.25. The lowest BCUT2D eigenvalue weighted by Crippen LogP contribution is -2.40. The minimum Gasteiger partial charge on any atom is -0.481 e. The summed E-state index contributed by atoms with van der Waals surface area (Å²) in [4.78, 5) is 17.5. The van der Waals surface area contributed by atoms with E-state index in [0.29, 0.717) is 18.3 Å². The Hall–Kier alpha value is -1.73. The lowest BCUT2D eigenvalue weighted by atomic mass is 9.99. The smallest absolute Gasteiger partial charge is 0.304 e. The van der Waals surface area contributed by atoms with Crippen LogP contribution in [0.5, 0.6) is 0 Å². The van der Waals surface area contributed by atoms with Crippen molar-refractivity contribution in [2.45, 2.75) is 38.3 Å². The van der Waals surface area contributed by atoms with Crippen LogP contribution in [0.3, 0.4) is 0 Å². The molecule has 1 atom stereocenters. The summed E-state index contributed by atoms with van der Waals surface area (Å²) in [5, 5.41) is 16.9. The van der Waals surface area contributed by atoms with Crippen LogP contribution in [0.25, 0.3) is 11.4 Å². The first-order chi connectivity index (χ1) is 10.2. The van der Waals surface area contributed by atoms with E-state index in [9.17, 15) is 4.79 Å². The molecule has 1 aliphatic heterocycles. The summed E-state index contributed by atoms with van der Waals surface area (Å²) in [5.41, 5.74) is 0.954. The summed E-state index contributed by atoms with van der Waals surface area (Å²) < 4.78 is 5.30. The van der Waals surface area contributed by atoms with E-state index in [-0.39, 0.29) is 12.5 Å². The topological polar surface area (TPSA) is 79.5 Å². The van der Waals surface area contributed by atoms with Gasteiger partial charge >= 0.3 is 5.97 Å². The largest absolute Gasteiger partial charge is 0.481 e. The van der Waals surface area contributed by atoms with Crippen molar-refractivity contribution in [3.8, 4) is 11.4 Å². The van der Waals surface area contributed by atoms with E-state index in [4.69, 9.17) is 9.63 Å².